The molecule has 4 rings (SSSR count). The van der Waals surface area contributed by atoms with Crippen LogP contribution in [0.25, 0.3) is 6.08 Å². The summed E-state index contributed by atoms with van der Waals surface area (Å²) in [5.74, 6) is 2.00. The molecule has 108 valence electrons. The zero-order chi connectivity index (χ0) is 14.1. The Bertz CT molecular complexity index is 514. The Labute approximate surface area is 119 Å². The molecule has 3 aliphatic rings. The number of aliphatic hydroxyl groups is 1. The maximum Gasteiger partial charge on any atom is 0.126 e. The van der Waals surface area contributed by atoms with Crippen LogP contribution in [0.2, 0.25) is 0 Å². The van der Waals surface area contributed by atoms with Crippen molar-refractivity contribution in [3.8, 4) is 11.5 Å². The van der Waals surface area contributed by atoms with Crippen molar-refractivity contribution in [1.29, 1.82) is 0 Å². The third kappa shape index (κ3) is 2.24. The van der Waals surface area contributed by atoms with Gasteiger partial charge in [-0.1, -0.05) is 0 Å². The lowest BCUT2D eigenvalue weighted by Crippen LogP contribution is -2.48. The molecule has 4 nitrogen and oxygen atoms in total. The smallest absolute Gasteiger partial charge is 0.126 e. The molecule has 0 amide bonds. The van der Waals surface area contributed by atoms with Crippen LogP contribution in [0, 0.1) is 5.92 Å². The standard InChI is InChI=1S/C16H21NO3/c1-19-13-3-4-15(20-2)12(9-13)10-14-16(18)11-5-7-17(14)8-6-11/h3-4,9-11,16,18H,5-8H2,1-2H3/b14-10-. The Hall–Kier alpha value is -1.68. The molecule has 0 aliphatic carbocycles. The van der Waals surface area contributed by atoms with Gasteiger partial charge in [-0.15, -0.1) is 0 Å². The minimum absolute atomic E-state index is 0.353. The summed E-state index contributed by atoms with van der Waals surface area (Å²) in [4.78, 5) is 2.28. The highest BCUT2D eigenvalue weighted by molar-refractivity contribution is 5.62. The fourth-order valence-electron chi connectivity index (χ4n) is 3.19. The van der Waals surface area contributed by atoms with E-state index in [9.17, 15) is 5.11 Å². The first-order valence-electron chi connectivity index (χ1n) is 7.09. The van der Waals surface area contributed by atoms with E-state index in [4.69, 9.17) is 9.47 Å². The van der Waals surface area contributed by atoms with Gasteiger partial charge in [0.15, 0.2) is 0 Å². The van der Waals surface area contributed by atoms with Crippen molar-refractivity contribution < 1.29 is 14.6 Å². The van der Waals surface area contributed by atoms with Gasteiger partial charge in [0.25, 0.3) is 0 Å². The van der Waals surface area contributed by atoms with Gasteiger partial charge in [0.05, 0.1) is 20.3 Å². The van der Waals surface area contributed by atoms with Gasteiger partial charge in [0, 0.05) is 24.4 Å². The van der Waals surface area contributed by atoms with Gasteiger partial charge in [0.1, 0.15) is 11.5 Å². The van der Waals surface area contributed by atoms with E-state index in [2.05, 4.69) is 4.90 Å². The van der Waals surface area contributed by atoms with E-state index < -0.39 is 0 Å². The van der Waals surface area contributed by atoms with Crippen LogP contribution < -0.4 is 9.47 Å². The molecule has 3 saturated heterocycles. The van der Waals surface area contributed by atoms with Crippen LogP contribution >= 0.6 is 0 Å². The van der Waals surface area contributed by atoms with Gasteiger partial charge in [-0.2, -0.15) is 0 Å². The lowest BCUT2D eigenvalue weighted by molar-refractivity contribution is 0.0215. The van der Waals surface area contributed by atoms with Crippen LogP contribution in [-0.4, -0.2) is 43.4 Å². The fraction of sp³-hybridized carbons (Fsp3) is 0.500. The highest BCUT2D eigenvalue weighted by Gasteiger charge is 2.36. The Balaban J connectivity index is 1.98. The number of rotatable bonds is 3. The summed E-state index contributed by atoms with van der Waals surface area (Å²) < 4.78 is 10.7. The van der Waals surface area contributed by atoms with E-state index >= 15 is 0 Å². The van der Waals surface area contributed by atoms with Crippen molar-refractivity contribution in [2.45, 2.75) is 18.9 Å². The second-order valence-electron chi connectivity index (χ2n) is 5.45. The average Bonchev–Trinajstić information content (AvgIpc) is 2.51. The molecule has 20 heavy (non-hydrogen) atoms. The zero-order valence-electron chi connectivity index (χ0n) is 12.0. The zero-order valence-corrected chi connectivity index (χ0v) is 12.0. The number of piperidine rings is 3. The summed E-state index contributed by atoms with van der Waals surface area (Å²) in [5, 5.41) is 10.4. The number of benzene rings is 1. The Morgan fingerprint density at radius 3 is 2.55 bits per heavy atom. The summed E-state index contributed by atoms with van der Waals surface area (Å²) in [7, 11) is 3.31. The maximum absolute atomic E-state index is 10.4. The monoisotopic (exact) mass is 275 g/mol. The summed E-state index contributed by atoms with van der Waals surface area (Å²) in [6.45, 7) is 2.08. The van der Waals surface area contributed by atoms with Crippen molar-refractivity contribution in [3.63, 3.8) is 0 Å². The van der Waals surface area contributed by atoms with Gasteiger partial charge in [0.2, 0.25) is 0 Å². The minimum atomic E-state index is -0.353. The van der Waals surface area contributed by atoms with E-state index in [-0.39, 0.29) is 6.10 Å². The molecule has 0 radical (unpaired) electrons. The van der Waals surface area contributed by atoms with Crippen LogP contribution in [0.1, 0.15) is 18.4 Å². The average molecular weight is 275 g/mol. The number of aliphatic hydroxyl groups excluding tert-OH is 1. The van der Waals surface area contributed by atoms with Crippen LogP contribution in [-0.2, 0) is 0 Å². The van der Waals surface area contributed by atoms with Crippen molar-refractivity contribution >= 4 is 6.08 Å². The number of methoxy groups -OCH3 is 2. The molecule has 1 aromatic carbocycles. The predicted octanol–water partition coefficient (Wildman–Crippen LogP) is 2.13. The van der Waals surface area contributed by atoms with E-state index in [1.54, 1.807) is 14.2 Å². The maximum atomic E-state index is 10.4. The third-order valence-corrected chi connectivity index (χ3v) is 4.39. The van der Waals surface area contributed by atoms with Gasteiger partial charge in [-0.25, -0.2) is 0 Å². The first-order valence-corrected chi connectivity index (χ1v) is 7.09. The first kappa shape index (κ1) is 13.3. The molecule has 3 fully saturated rings. The summed E-state index contributed by atoms with van der Waals surface area (Å²) >= 11 is 0. The number of hydrogen-bond donors (Lipinski definition) is 1. The summed E-state index contributed by atoms with van der Waals surface area (Å²) in [6, 6.07) is 5.72. The van der Waals surface area contributed by atoms with Gasteiger partial charge < -0.3 is 19.5 Å². The van der Waals surface area contributed by atoms with Crippen LogP contribution in [0.5, 0.6) is 11.5 Å². The molecule has 3 aliphatic heterocycles. The van der Waals surface area contributed by atoms with Crippen LogP contribution in [0.3, 0.4) is 0 Å². The Morgan fingerprint density at radius 2 is 1.95 bits per heavy atom. The molecule has 0 spiro atoms. The SMILES string of the molecule is COc1ccc(OC)c(/C=C2/C(O)C3CCN2CC3)c1. The molecule has 0 aromatic heterocycles. The Kier molecular flexibility index (Phi) is 3.57. The second kappa shape index (κ2) is 5.37. The van der Waals surface area contributed by atoms with Crippen LogP contribution in [0.15, 0.2) is 23.9 Å². The number of hydrogen-bond acceptors (Lipinski definition) is 4. The molecule has 3 heterocycles. The van der Waals surface area contributed by atoms with E-state index in [0.29, 0.717) is 5.92 Å². The first-order chi connectivity index (χ1) is 9.72. The number of ether oxygens (including phenoxy) is 2. The van der Waals surface area contributed by atoms with Crippen LogP contribution in [0.4, 0.5) is 0 Å². The molecule has 1 aromatic rings. The third-order valence-electron chi connectivity index (χ3n) is 4.39. The molecule has 2 bridgehead atoms. The second-order valence-corrected chi connectivity index (χ2v) is 5.45. The normalized spacial score (nSPS) is 26.9. The van der Waals surface area contributed by atoms with Crippen molar-refractivity contribution in [3.05, 3.63) is 29.5 Å². The lowest BCUT2D eigenvalue weighted by atomic mass is 9.83. The van der Waals surface area contributed by atoms with Crippen molar-refractivity contribution in [1.82, 2.24) is 4.90 Å². The molecule has 0 saturated carbocycles. The highest BCUT2D eigenvalue weighted by Crippen LogP contribution is 2.37. The largest absolute Gasteiger partial charge is 0.497 e. The van der Waals surface area contributed by atoms with E-state index in [1.807, 2.05) is 24.3 Å². The lowest BCUT2D eigenvalue weighted by Gasteiger charge is -2.46. The number of nitrogens with zero attached hydrogens (tertiary/aromatic N) is 1. The minimum Gasteiger partial charge on any atom is -0.497 e. The van der Waals surface area contributed by atoms with E-state index in [0.717, 1.165) is 48.7 Å². The summed E-state index contributed by atoms with van der Waals surface area (Å²) in [6.07, 6.45) is 3.87. The Morgan fingerprint density at radius 1 is 1.20 bits per heavy atom. The molecular formula is C16H21NO3. The fourth-order valence-corrected chi connectivity index (χ4v) is 3.19. The quantitative estimate of drug-likeness (QED) is 0.917. The predicted molar refractivity (Wildman–Crippen MR) is 77.8 cm³/mol. The molecule has 4 heteroatoms. The van der Waals surface area contributed by atoms with Gasteiger partial charge in [-0.05, 0) is 43.0 Å². The molecule has 1 atom stereocenters. The highest BCUT2D eigenvalue weighted by atomic mass is 16.5. The van der Waals surface area contributed by atoms with Crippen molar-refractivity contribution in [2.75, 3.05) is 27.3 Å². The van der Waals surface area contributed by atoms with Crippen molar-refractivity contribution in [2.24, 2.45) is 5.92 Å². The number of fused-ring (bicyclic) bond motifs is 3. The summed E-state index contributed by atoms with van der Waals surface area (Å²) in [5.41, 5.74) is 1.97. The molecular weight excluding hydrogens is 254 g/mol. The molecule has 1 unspecified atom stereocenters. The molecule has 1 N–H and O–H groups in total. The van der Waals surface area contributed by atoms with E-state index in [1.165, 1.54) is 0 Å². The topological polar surface area (TPSA) is 41.9 Å². The van der Waals surface area contributed by atoms with Gasteiger partial charge >= 0.3 is 0 Å². The van der Waals surface area contributed by atoms with Gasteiger partial charge in [-0.3, -0.25) is 0 Å².